The number of hydrogen-bond acceptors (Lipinski definition) is 4. The molecule has 0 aliphatic rings. The molecule has 0 unspecified atom stereocenters. The van der Waals surface area contributed by atoms with Crippen molar-refractivity contribution >= 4 is 0 Å². The predicted molar refractivity (Wildman–Crippen MR) is 77.8 cm³/mol. The second-order valence-corrected chi connectivity index (χ2v) is 4.70. The fourth-order valence-corrected chi connectivity index (χ4v) is 2.24. The monoisotopic (exact) mass is 275 g/mol. The molecule has 1 heterocycles. The van der Waals surface area contributed by atoms with Crippen LogP contribution in [0.15, 0.2) is 24.4 Å². The van der Waals surface area contributed by atoms with Gasteiger partial charge in [-0.15, -0.1) is 0 Å². The molecule has 2 aromatic rings. The number of aryl methyl sites for hydroxylation is 2. The van der Waals surface area contributed by atoms with Crippen molar-refractivity contribution in [3.05, 3.63) is 41.2 Å². The molecule has 0 radical (unpaired) electrons. The Morgan fingerprint density at radius 3 is 2.75 bits per heavy atom. The van der Waals surface area contributed by atoms with Crippen LogP contribution in [0, 0.1) is 0 Å². The van der Waals surface area contributed by atoms with E-state index in [9.17, 15) is 5.11 Å². The van der Waals surface area contributed by atoms with Crippen molar-refractivity contribution in [1.82, 2.24) is 15.1 Å². The zero-order valence-electron chi connectivity index (χ0n) is 12.2. The second-order valence-electron chi connectivity index (χ2n) is 4.70. The zero-order valence-corrected chi connectivity index (χ0v) is 12.2. The van der Waals surface area contributed by atoms with E-state index in [1.165, 1.54) is 5.56 Å². The molecule has 5 heteroatoms. The first kappa shape index (κ1) is 14.4. The number of aromatic nitrogens is 2. The fraction of sp³-hybridized carbons (Fsp3) is 0.400. The van der Waals surface area contributed by atoms with Gasteiger partial charge in [-0.3, -0.25) is 4.68 Å². The number of hydrogen-bond donors (Lipinski definition) is 2. The predicted octanol–water partition coefficient (Wildman–Crippen LogP) is 1.99. The maximum absolute atomic E-state index is 10.0. The molecule has 2 N–H and O–H groups in total. The van der Waals surface area contributed by atoms with Crippen molar-refractivity contribution in [3.8, 4) is 11.5 Å². The Labute approximate surface area is 119 Å². The van der Waals surface area contributed by atoms with E-state index < -0.39 is 0 Å². The molecule has 0 atom stereocenters. The Morgan fingerprint density at radius 2 is 2.05 bits per heavy atom. The molecule has 5 nitrogen and oxygen atoms in total. The van der Waals surface area contributed by atoms with Gasteiger partial charge in [-0.25, -0.2) is 0 Å². The summed E-state index contributed by atoms with van der Waals surface area (Å²) in [4.78, 5) is 0. The summed E-state index contributed by atoms with van der Waals surface area (Å²) in [6.07, 6.45) is 2.94. The van der Waals surface area contributed by atoms with Gasteiger partial charge in [0.25, 0.3) is 0 Å². The highest BCUT2D eigenvalue weighted by molar-refractivity contribution is 5.45. The van der Waals surface area contributed by atoms with Gasteiger partial charge in [0.05, 0.1) is 12.8 Å². The molecule has 0 aliphatic carbocycles. The number of phenolic OH excluding ortho intramolecular Hbond substituents is 1. The van der Waals surface area contributed by atoms with Crippen LogP contribution in [0.2, 0.25) is 0 Å². The number of ether oxygens (including phenoxy) is 1. The highest BCUT2D eigenvalue weighted by Crippen LogP contribution is 2.29. The Balaban J connectivity index is 1.99. The summed E-state index contributed by atoms with van der Waals surface area (Å²) in [5.74, 6) is 0.698. The lowest BCUT2D eigenvalue weighted by molar-refractivity contribution is 0.369. The Kier molecular flexibility index (Phi) is 4.63. The van der Waals surface area contributed by atoms with E-state index in [-0.39, 0.29) is 5.75 Å². The van der Waals surface area contributed by atoms with Crippen LogP contribution >= 0.6 is 0 Å². The van der Waals surface area contributed by atoms with Gasteiger partial charge in [0.1, 0.15) is 0 Å². The van der Waals surface area contributed by atoms with Gasteiger partial charge in [0.2, 0.25) is 0 Å². The van der Waals surface area contributed by atoms with Crippen molar-refractivity contribution in [2.75, 3.05) is 7.11 Å². The smallest absolute Gasteiger partial charge is 0.162 e. The molecule has 0 fully saturated rings. The molecular weight excluding hydrogens is 254 g/mol. The van der Waals surface area contributed by atoms with Gasteiger partial charge in [-0.05, 0) is 12.5 Å². The van der Waals surface area contributed by atoms with E-state index in [0.29, 0.717) is 12.3 Å². The standard InChI is InChI=1S/C15H21N3O2/c1-4-13-12(10-18(2)17-13)9-16-8-11-6-5-7-14(20-3)15(11)19/h5-7,10,16,19H,4,8-9H2,1-3H3. The molecule has 0 amide bonds. The highest BCUT2D eigenvalue weighted by atomic mass is 16.5. The van der Waals surface area contributed by atoms with Crippen LogP contribution in [0.5, 0.6) is 11.5 Å². The summed E-state index contributed by atoms with van der Waals surface area (Å²) in [5, 5.41) is 17.7. The molecule has 108 valence electrons. The number of para-hydroxylation sites is 1. The van der Waals surface area contributed by atoms with Gasteiger partial charge < -0.3 is 15.2 Å². The fourth-order valence-electron chi connectivity index (χ4n) is 2.24. The van der Waals surface area contributed by atoms with Gasteiger partial charge in [0, 0.05) is 37.5 Å². The Morgan fingerprint density at radius 1 is 1.30 bits per heavy atom. The van der Waals surface area contributed by atoms with Crippen molar-refractivity contribution < 1.29 is 9.84 Å². The molecule has 1 aromatic heterocycles. The lowest BCUT2D eigenvalue weighted by Gasteiger charge is -2.09. The van der Waals surface area contributed by atoms with E-state index in [2.05, 4.69) is 17.3 Å². The van der Waals surface area contributed by atoms with E-state index in [4.69, 9.17) is 4.74 Å². The Bertz CT molecular complexity index is 578. The van der Waals surface area contributed by atoms with Crippen molar-refractivity contribution in [2.24, 2.45) is 7.05 Å². The number of nitrogens with one attached hydrogen (secondary N) is 1. The summed E-state index contributed by atoms with van der Waals surface area (Å²) in [6.45, 7) is 3.41. The van der Waals surface area contributed by atoms with Crippen LogP contribution in [-0.2, 0) is 26.6 Å². The van der Waals surface area contributed by atoms with Crippen LogP contribution in [0.4, 0.5) is 0 Å². The van der Waals surface area contributed by atoms with Crippen molar-refractivity contribution in [2.45, 2.75) is 26.4 Å². The van der Waals surface area contributed by atoms with Crippen LogP contribution in [-0.4, -0.2) is 22.0 Å². The van der Waals surface area contributed by atoms with Gasteiger partial charge in [-0.2, -0.15) is 5.10 Å². The molecule has 2 rings (SSSR count). The van der Waals surface area contributed by atoms with Crippen LogP contribution < -0.4 is 10.1 Å². The highest BCUT2D eigenvalue weighted by Gasteiger charge is 2.08. The molecule has 0 saturated heterocycles. The molecule has 20 heavy (non-hydrogen) atoms. The first-order chi connectivity index (χ1) is 9.65. The Hall–Kier alpha value is -2.01. The van der Waals surface area contributed by atoms with Gasteiger partial charge >= 0.3 is 0 Å². The second kappa shape index (κ2) is 6.43. The first-order valence-electron chi connectivity index (χ1n) is 6.72. The van der Waals surface area contributed by atoms with Crippen LogP contribution in [0.25, 0.3) is 0 Å². The van der Waals surface area contributed by atoms with Crippen LogP contribution in [0.1, 0.15) is 23.7 Å². The summed E-state index contributed by atoms with van der Waals surface area (Å²) in [5.41, 5.74) is 3.12. The van der Waals surface area contributed by atoms with Crippen molar-refractivity contribution in [1.29, 1.82) is 0 Å². The lowest BCUT2D eigenvalue weighted by atomic mass is 10.1. The molecular formula is C15H21N3O2. The maximum atomic E-state index is 10.0. The third kappa shape index (κ3) is 3.11. The van der Waals surface area contributed by atoms with Crippen molar-refractivity contribution in [3.63, 3.8) is 0 Å². The molecule has 0 aliphatic heterocycles. The number of nitrogens with zero attached hydrogens (tertiary/aromatic N) is 2. The maximum Gasteiger partial charge on any atom is 0.162 e. The molecule has 0 bridgehead atoms. The summed E-state index contributed by atoms with van der Waals surface area (Å²) < 4.78 is 6.93. The average molecular weight is 275 g/mol. The number of methoxy groups -OCH3 is 1. The minimum Gasteiger partial charge on any atom is -0.504 e. The number of rotatable bonds is 6. The van der Waals surface area contributed by atoms with E-state index in [0.717, 1.165) is 24.2 Å². The zero-order chi connectivity index (χ0) is 14.5. The molecule has 0 saturated carbocycles. The average Bonchev–Trinajstić information content (AvgIpc) is 2.81. The topological polar surface area (TPSA) is 59.3 Å². The van der Waals surface area contributed by atoms with E-state index >= 15 is 0 Å². The van der Waals surface area contributed by atoms with E-state index in [1.54, 1.807) is 13.2 Å². The SMILES string of the molecule is CCc1nn(C)cc1CNCc1cccc(OC)c1O. The molecule has 1 aromatic carbocycles. The third-order valence-electron chi connectivity index (χ3n) is 3.26. The first-order valence-corrected chi connectivity index (χ1v) is 6.72. The summed E-state index contributed by atoms with van der Waals surface area (Å²) in [6, 6.07) is 5.50. The summed E-state index contributed by atoms with van der Waals surface area (Å²) in [7, 11) is 3.48. The van der Waals surface area contributed by atoms with Gasteiger partial charge in [-0.1, -0.05) is 19.1 Å². The summed E-state index contributed by atoms with van der Waals surface area (Å²) >= 11 is 0. The van der Waals surface area contributed by atoms with E-state index in [1.807, 2.05) is 30.1 Å². The third-order valence-corrected chi connectivity index (χ3v) is 3.26. The van der Waals surface area contributed by atoms with Crippen LogP contribution in [0.3, 0.4) is 0 Å². The lowest BCUT2D eigenvalue weighted by Crippen LogP contribution is -2.13. The number of benzene rings is 1. The minimum atomic E-state index is 0.199. The normalized spacial score (nSPS) is 10.8. The minimum absolute atomic E-state index is 0.199. The van der Waals surface area contributed by atoms with Gasteiger partial charge in [0.15, 0.2) is 11.5 Å². The largest absolute Gasteiger partial charge is 0.504 e. The number of aromatic hydroxyl groups is 1. The molecule has 0 spiro atoms. The quantitative estimate of drug-likeness (QED) is 0.846. The number of phenols is 1.